The van der Waals surface area contributed by atoms with Crippen molar-refractivity contribution in [3.63, 3.8) is 0 Å². The molecule has 3 rings (SSSR count). The number of carbonyl (C=O) groups excluding carboxylic acids is 1. The number of para-hydroxylation sites is 1. The van der Waals surface area contributed by atoms with Crippen molar-refractivity contribution in [1.82, 2.24) is 5.32 Å². The third-order valence-corrected chi connectivity index (χ3v) is 3.91. The van der Waals surface area contributed by atoms with Gasteiger partial charge in [0.15, 0.2) is 5.76 Å². The summed E-state index contributed by atoms with van der Waals surface area (Å²) >= 11 is 0. The molecule has 1 aromatic heterocycles. The summed E-state index contributed by atoms with van der Waals surface area (Å²) in [6, 6.07) is 6.93. The second-order valence-corrected chi connectivity index (χ2v) is 5.36. The first-order chi connectivity index (χ1) is 11.1. The molecule has 0 fully saturated rings. The van der Waals surface area contributed by atoms with Crippen LogP contribution in [0.2, 0.25) is 0 Å². The number of carbonyl (C=O) groups is 2. The zero-order valence-electron chi connectivity index (χ0n) is 12.7. The second-order valence-electron chi connectivity index (χ2n) is 5.36. The molecule has 23 heavy (non-hydrogen) atoms. The summed E-state index contributed by atoms with van der Waals surface area (Å²) in [5.41, 5.74) is 2.00. The van der Waals surface area contributed by atoms with Gasteiger partial charge in [-0.1, -0.05) is 25.1 Å². The smallest absolute Gasteiger partial charge is 0.338 e. The molecule has 1 aliphatic rings. The van der Waals surface area contributed by atoms with Crippen molar-refractivity contribution < 1.29 is 23.8 Å². The van der Waals surface area contributed by atoms with Gasteiger partial charge in [0.05, 0.1) is 18.2 Å². The van der Waals surface area contributed by atoms with Crippen LogP contribution in [0.3, 0.4) is 0 Å². The standard InChI is InChI=1S/C17H17NO5/c1-2-10-4-3-5-12-13(6-7-22-15(10)12)18-16(19)14-8-11(9-23-14)17(20)21/h3-5,8-9,13H,2,6-7H2,1H3,(H,18,19)(H,20,21). The monoisotopic (exact) mass is 315 g/mol. The molecular formula is C17H17NO5. The average Bonchev–Trinajstić information content (AvgIpc) is 3.05. The lowest BCUT2D eigenvalue weighted by Crippen LogP contribution is -2.32. The van der Waals surface area contributed by atoms with Crippen LogP contribution in [0.25, 0.3) is 0 Å². The van der Waals surface area contributed by atoms with Gasteiger partial charge in [0, 0.05) is 18.1 Å². The molecule has 1 aliphatic heterocycles. The van der Waals surface area contributed by atoms with Gasteiger partial charge in [-0.15, -0.1) is 0 Å². The Bertz CT molecular complexity index is 749. The van der Waals surface area contributed by atoms with Crippen LogP contribution in [0, 0.1) is 0 Å². The molecule has 0 radical (unpaired) electrons. The number of rotatable bonds is 4. The highest BCUT2D eigenvalue weighted by atomic mass is 16.5. The van der Waals surface area contributed by atoms with Gasteiger partial charge in [-0.3, -0.25) is 4.79 Å². The minimum Gasteiger partial charge on any atom is -0.493 e. The van der Waals surface area contributed by atoms with Gasteiger partial charge in [-0.2, -0.15) is 0 Å². The number of fused-ring (bicyclic) bond motifs is 1. The van der Waals surface area contributed by atoms with E-state index < -0.39 is 11.9 Å². The van der Waals surface area contributed by atoms with E-state index in [0.717, 1.165) is 29.6 Å². The Hall–Kier alpha value is -2.76. The Labute approximate surface area is 133 Å². The first-order valence-electron chi connectivity index (χ1n) is 7.47. The summed E-state index contributed by atoms with van der Waals surface area (Å²) in [6.45, 7) is 2.57. The zero-order valence-corrected chi connectivity index (χ0v) is 12.7. The lowest BCUT2D eigenvalue weighted by atomic mass is 9.96. The van der Waals surface area contributed by atoms with E-state index in [1.807, 2.05) is 18.2 Å². The number of hydrogen-bond acceptors (Lipinski definition) is 4. The summed E-state index contributed by atoms with van der Waals surface area (Å²) in [7, 11) is 0. The summed E-state index contributed by atoms with van der Waals surface area (Å²) in [6.07, 6.45) is 2.56. The first kappa shape index (κ1) is 15.1. The molecule has 6 heteroatoms. The third-order valence-electron chi connectivity index (χ3n) is 3.91. The topological polar surface area (TPSA) is 88.8 Å². The molecule has 6 nitrogen and oxygen atoms in total. The minimum absolute atomic E-state index is 0.0120. The highest BCUT2D eigenvalue weighted by molar-refractivity contribution is 5.95. The Morgan fingerprint density at radius 2 is 2.22 bits per heavy atom. The van der Waals surface area contributed by atoms with Gasteiger partial charge in [0.25, 0.3) is 5.91 Å². The van der Waals surface area contributed by atoms with Crippen molar-refractivity contribution in [2.75, 3.05) is 6.61 Å². The van der Waals surface area contributed by atoms with Crippen LogP contribution in [0.5, 0.6) is 5.75 Å². The Morgan fingerprint density at radius 3 is 2.91 bits per heavy atom. The largest absolute Gasteiger partial charge is 0.493 e. The molecule has 1 atom stereocenters. The molecule has 1 unspecified atom stereocenters. The number of benzene rings is 1. The fourth-order valence-electron chi connectivity index (χ4n) is 2.71. The van der Waals surface area contributed by atoms with Gasteiger partial charge in [-0.25, -0.2) is 4.79 Å². The SMILES string of the molecule is CCc1cccc2c1OCCC2NC(=O)c1cc(C(=O)O)co1. The fraction of sp³-hybridized carbons (Fsp3) is 0.294. The van der Waals surface area contributed by atoms with Crippen molar-refractivity contribution in [3.8, 4) is 5.75 Å². The molecule has 0 aliphatic carbocycles. The maximum absolute atomic E-state index is 12.3. The first-order valence-corrected chi connectivity index (χ1v) is 7.47. The third kappa shape index (κ3) is 2.92. The average molecular weight is 315 g/mol. The van der Waals surface area contributed by atoms with Crippen LogP contribution in [0.4, 0.5) is 0 Å². The van der Waals surface area contributed by atoms with E-state index in [-0.39, 0.29) is 17.4 Å². The van der Waals surface area contributed by atoms with Gasteiger partial charge in [0.1, 0.15) is 12.0 Å². The molecule has 2 aromatic rings. The van der Waals surface area contributed by atoms with Crippen LogP contribution in [0.15, 0.2) is 34.9 Å². The van der Waals surface area contributed by atoms with E-state index in [0.29, 0.717) is 13.0 Å². The molecule has 2 heterocycles. The molecule has 120 valence electrons. The molecular weight excluding hydrogens is 298 g/mol. The van der Waals surface area contributed by atoms with Crippen molar-refractivity contribution >= 4 is 11.9 Å². The van der Waals surface area contributed by atoms with Gasteiger partial charge in [0.2, 0.25) is 0 Å². The maximum atomic E-state index is 12.3. The number of aryl methyl sites for hydroxylation is 1. The summed E-state index contributed by atoms with van der Waals surface area (Å²) in [4.78, 5) is 23.1. The van der Waals surface area contributed by atoms with Gasteiger partial charge in [-0.05, 0) is 12.0 Å². The highest BCUT2D eigenvalue weighted by Crippen LogP contribution is 2.35. The number of hydrogen-bond donors (Lipinski definition) is 2. The van der Waals surface area contributed by atoms with Crippen molar-refractivity contribution in [2.24, 2.45) is 0 Å². The Morgan fingerprint density at radius 1 is 1.39 bits per heavy atom. The highest BCUT2D eigenvalue weighted by Gasteiger charge is 2.26. The van der Waals surface area contributed by atoms with E-state index in [2.05, 4.69) is 12.2 Å². The molecule has 0 saturated carbocycles. The van der Waals surface area contributed by atoms with Crippen molar-refractivity contribution in [2.45, 2.75) is 25.8 Å². The predicted molar refractivity (Wildman–Crippen MR) is 81.8 cm³/mol. The molecule has 1 amide bonds. The van der Waals surface area contributed by atoms with E-state index >= 15 is 0 Å². The van der Waals surface area contributed by atoms with Crippen LogP contribution in [-0.4, -0.2) is 23.6 Å². The molecule has 0 saturated heterocycles. The molecule has 1 aromatic carbocycles. The minimum atomic E-state index is -1.13. The van der Waals surface area contributed by atoms with Crippen LogP contribution >= 0.6 is 0 Å². The number of nitrogens with one attached hydrogen (secondary N) is 1. The van der Waals surface area contributed by atoms with E-state index in [9.17, 15) is 9.59 Å². The van der Waals surface area contributed by atoms with Crippen LogP contribution in [0.1, 0.15) is 51.4 Å². The number of ether oxygens (including phenoxy) is 1. The van der Waals surface area contributed by atoms with Crippen LogP contribution < -0.4 is 10.1 Å². The molecule has 2 N–H and O–H groups in total. The fourth-order valence-corrected chi connectivity index (χ4v) is 2.71. The Kier molecular flexibility index (Phi) is 4.06. The van der Waals surface area contributed by atoms with Crippen molar-refractivity contribution in [1.29, 1.82) is 0 Å². The number of carboxylic acid groups (broad SMARTS) is 1. The zero-order chi connectivity index (χ0) is 16.4. The maximum Gasteiger partial charge on any atom is 0.338 e. The summed E-state index contributed by atoms with van der Waals surface area (Å²) < 4.78 is 10.8. The van der Waals surface area contributed by atoms with E-state index in [4.69, 9.17) is 14.3 Å². The lowest BCUT2D eigenvalue weighted by Gasteiger charge is -2.28. The predicted octanol–water partition coefficient (Wildman–Crippen LogP) is 2.79. The molecule has 0 bridgehead atoms. The van der Waals surface area contributed by atoms with Crippen molar-refractivity contribution in [3.05, 3.63) is 53.0 Å². The number of amides is 1. The quantitative estimate of drug-likeness (QED) is 0.905. The Balaban J connectivity index is 1.81. The number of aromatic carboxylic acids is 1. The summed E-state index contributed by atoms with van der Waals surface area (Å²) in [5, 5.41) is 11.8. The normalized spacial score (nSPS) is 16.3. The summed E-state index contributed by atoms with van der Waals surface area (Å²) in [5.74, 6) is -0.742. The number of carboxylic acids is 1. The molecule has 0 spiro atoms. The van der Waals surface area contributed by atoms with Gasteiger partial charge >= 0.3 is 5.97 Å². The number of furan rings is 1. The van der Waals surface area contributed by atoms with Gasteiger partial charge < -0.3 is 19.6 Å². The van der Waals surface area contributed by atoms with E-state index in [1.165, 1.54) is 6.07 Å². The second kappa shape index (κ2) is 6.16. The van der Waals surface area contributed by atoms with E-state index in [1.54, 1.807) is 0 Å². The lowest BCUT2D eigenvalue weighted by molar-refractivity contribution is 0.0695. The van der Waals surface area contributed by atoms with Crippen LogP contribution in [-0.2, 0) is 6.42 Å².